The average molecular weight is 417 g/mol. The molecule has 1 aromatic rings. The molecule has 30 heavy (non-hydrogen) atoms. The SMILES string of the molecule is C=CCCC(=O)OCCNC(=O)[C@H](CC=C)CC(=O)N(CCO)Cc1ccccc1. The van der Waals surface area contributed by atoms with Gasteiger partial charge in [-0.1, -0.05) is 42.5 Å². The predicted molar refractivity (Wildman–Crippen MR) is 115 cm³/mol. The molecule has 164 valence electrons. The Hall–Kier alpha value is -2.93. The van der Waals surface area contributed by atoms with E-state index in [0.717, 1.165) is 5.56 Å². The maximum Gasteiger partial charge on any atom is 0.306 e. The van der Waals surface area contributed by atoms with E-state index >= 15 is 0 Å². The van der Waals surface area contributed by atoms with Gasteiger partial charge in [-0.05, 0) is 18.4 Å². The number of aliphatic hydroxyl groups is 1. The Kier molecular flexibility index (Phi) is 12.5. The van der Waals surface area contributed by atoms with Crippen molar-refractivity contribution in [3.63, 3.8) is 0 Å². The van der Waals surface area contributed by atoms with Gasteiger partial charge in [0.1, 0.15) is 6.61 Å². The third kappa shape index (κ3) is 10.0. The quantitative estimate of drug-likeness (QED) is 0.260. The molecule has 1 rings (SSSR count). The van der Waals surface area contributed by atoms with Crippen molar-refractivity contribution in [3.8, 4) is 0 Å². The van der Waals surface area contributed by atoms with Crippen molar-refractivity contribution < 1.29 is 24.2 Å². The number of benzene rings is 1. The van der Waals surface area contributed by atoms with Crippen LogP contribution < -0.4 is 5.32 Å². The Morgan fingerprint density at radius 3 is 2.53 bits per heavy atom. The molecule has 0 radical (unpaired) electrons. The van der Waals surface area contributed by atoms with E-state index in [4.69, 9.17) is 4.74 Å². The van der Waals surface area contributed by atoms with Gasteiger partial charge in [0.25, 0.3) is 0 Å². The zero-order valence-corrected chi connectivity index (χ0v) is 17.4. The molecular formula is C23H32N2O5. The molecule has 0 bridgehead atoms. The fraction of sp³-hybridized carbons (Fsp3) is 0.435. The second-order valence-electron chi connectivity index (χ2n) is 6.79. The molecule has 0 unspecified atom stereocenters. The maximum atomic E-state index is 12.8. The summed E-state index contributed by atoms with van der Waals surface area (Å²) in [6.45, 7) is 7.85. The molecule has 0 aromatic heterocycles. The van der Waals surface area contributed by atoms with Crippen LogP contribution in [0.15, 0.2) is 55.6 Å². The lowest BCUT2D eigenvalue weighted by Gasteiger charge is -2.24. The van der Waals surface area contributed by atoms with Gasteiger partial charge in [0, 0.05) is 25.9 Å². The predicted octanol–water partition coefficient (Wildman–Crippen LogP) is 2.22. The minimum atomic E-state index is -0.580. The van der Waals surface area contributed by atoms with Crippen molar-refractivity contribution in [2.45, 2.75) is 32.2 Å². The molecule has 0 saturated heterocycles. The highest BCUT2D eigenvalue weighted by molar-refractivity contribution is 5.86. The number of hydrogen-bond donors (Lipinski definition) is 2. The molecular weight excluding hydrogens is 384 g/mol. The normalized spacial score (nSPS) is 11.2. The Morgan fingerprint density at radius 1 is 1.17 bits per heavy atom. The summed E-state index contributed by atoms with van der Waals surface area (Å²) in [5.74, 6) is -1.44. The van der Waals surface area contributed by atoms with Crippen molar-refractivity contribution >= 4 is 17.8 Å². The topological polar surface area (TPSA) is 95.9 Å². The molecule has 7 heteroatoms. The number of nitrogens with zero attached hydrogens (tertiary/aromatic N) is 1. The summed E-state index contributed by atoms with van der Waals surface area (Å²) < 4.78 is 5.03. The summed E-state index contributed by atoms with van der Waals surface area (Å²) in [5.41, 5.74) is 0.947. The Bertz CT molecular complexity index is 690. The largest absolute Gasteiger partial charge is 0.464 e. The lowest BCUT2D eigenvalue weighted by molar-refractivity contribution is -0.144. The maximum absolute atomic E-state index is 12.8. The van der Waals surface area contributed by atoms with Gasteiger partial charge in [-0.3, -0.25) is 14.4 Å². The van der Waals surface area contributed by atoms with E-state index in [0.29, 0.717) is 19.4 Å². The average Bonchev–Trinajstić information content (AvgIpc) is 2.75. The van der Waals surface area contributed by atoms with E-state index in [9.17, 15) is 19.5 Å². The van der Waals surface area contributed by atoms with Gasteiger partial charge in [-0.25, -0.2) is 0 Å². The molecule has 0 fully saturated rings. The number of amides is 2. The first kappa shape index (κ1) is 25.1. The first-order valence-electron chi connectivity index (χ1n) is 10.1. The Labute approximate surface area is 178 Å². The number of carbonyl (C=O) groups is 3. The van der Waals surface area contributed by atoms with Crippen LogP contribution in [0, 0.1) is 5.92 Å². The molecule has 2 amide bonds. The molecule has 0 spiro atoms. The van der Waals surface area contributed by atoms with Crippen molar-refractivity contribution in [3.05, 3.63) is 61.2 Å². The molecule has 7 nitrogen and oxygen atoms in total. The molecule has 1 aromatic carbocycles. The van der Waals surface area contributed by atoms with Crippen LogP contribution in [-0.4, -0.2) is 54.1 Å². The highest BCUT2D eigenvalue weighted by Crippen LogP contribution is 2.14. The number of allylic oxidation sites excluding steroid dienone is 2. The molecule has 0 heterocycles. The highest BCUT2D eigenvalue weighted by atomic mass is 16.5. The minimum absolute atomic E-state index is 0.00378. The summed E-state index contributed by atoms with van der Waals surface area (Å²) in [6, 6.07) is 9.47. The molecule has 2 N–H and O–H groups in total. The fourth-order valence-electron chi connectivity index (χ4n) is 2.82. The standard InChI is InChI=1S/C23H32N2O5/c1-3-5-12-22(28)30-16-13-24-23(29)20(9-4-2)17-21(27)25(14-15-26)18-19-10-7-6-8-11-19/h3-4,6-8,10-11,20,26H,1-2,5,9,12-18H2,(H,24,29)/t20-/m1/s1. The molecule has 0 saturated carbocycles. The monoisotopic (exact) mass is 416 g/mol. The molecule has 0 aliphatic rings. The van der Waals surface area contributed by atoms with Crippen LogP contribution in [0.4, 0.5) is 0 Å². The summed E-state index contributed by atoms with van der Waals surface area (Å²) in [4.78, 5) is 38.3. The van der Waals surface area contributed by atoms with Crippen LogP contribution in [0.5, 0.6) is 0 Å². The van der Waals surface area contributed by atoms with E-state index in [1.807, 2.05) is 30.3 Å². The number of esters is 1. The van der Waals surface area contributed by atoms with E-state index in [1.165, 1.54) is 0 Å². The van der Waals surface area contributed by atoms with Crippen LogP contribution >= 0.6 is 0 Å². The second kappa shape index (κ2) is 15.0. The van der Waals surface area contributed by atoms with E-state index < -0.39 is 5.92 Å². The minimum Gasteiger partial charge on any atom is -0.464 e. The number of aliphatic hydroxyl groups excluding tert-OH is 1. The van der Waals surface area contributed by atoms with Crippen molar-refractivity contribution in [1.82, 2.24) is 10.2 Å². The van der Waals surface area contributed by atoms with Gasteiger partial charge < -0.3 is 20.1 Å². The molecule has 0 aliphatic carbocycles. The summed E-state index contributed by atoms with van der Waals surface area (Å²) in [7, 11) is 0. The smallest absolute Gasteiger partial charge is 0.306 e. The zero-order chi connectivity index (χ0) is 22.2. The fourth-order valence-corrected chi connectivity index (χ4v) is 2.82. The van der Waals surface area contributed by atoms with Crippen LogP contribution in [0.25, 0.3) is 0 Å². The summed E-state index contributed by atoms with van der Waals surface area (Å²) >= 11 is 0. The first-order chi connectivity index (χ1) is 14.5. The number of rotatable bonds is 15. The van der Waals surface area contributed by atoms with Gasteiger partial charge >= 0.3 is 5.97 Å². The van der Waals surface area contributed by atoms with E-state index in [2.05, 4.69) is 18.5 Å². The number of carbonyl (C=O) groups excluding carboxylic acids is 3. The third-order valence-corrected chi connectivity index (χ3v) is 4.40. The molecule has 0 aliphatic heterocycles. The first-order valence-corrected chi connectivity index (χ1v) is 10.1. The number of ether oxygens (including phenoxy) is 1. The Morgan fingerprint density at radius 2 is 1.90 bits per heavy atom. The summed E-state index contributed by atoms with van der Waals surface area (Å²) in [5, 5.41) is 12.0. The lowest BCUT2D eigenvalue weighted by Crippen LogP contribution is -2.39. The van der Waals surface area contributed by atoms with Gasteiger partial charge in [-0.2, -0.15) is 0 Å². The molecule has 1 atom stereocenters. The number of hydrogen-bond acceptors (Lipinski definition) is 5. The van der Waals surface area contributed by atoms with Crippen LogP contribution in [0.1, 0.15) is 31.2 Å². The van der Waals surface area contributed by atoms with Crippen LogP contribution in [0.2, 0.25) is 0 Å². The lowest BCUT2D eigenvalue weighted by atomic mass is 9.99. The van der Waals surface area contributed by atoms with Crippen LogP contribution in [0.3, 0.4) is 0 Å². The van der Waals surface area contributed by atoms with Crippen molar-refractivity contribution in [1.29, 1.82) is 0 Å². The third-order valence-electron chi connectivity index (χ3n) is 4.40. The van der Waals surface area contributed by atoms with Gasteiger partial charge in [-0.15, -0.1) is 13.2 Å². The van der Waals surface area contributed by atoms with E-state index in [1.54, 1.807) is 17.1 Å². The second-order valence-corrected chi connectivity index (χ2v) is 6.79. The zero-order valence-electron chi connectivity index (χ0n) is 17.4. The van der Waals surface area contributed by atoms with Gasteiger partial charge in [0.15, 0.2) is 0 Å². The van der Waals surface area contributed by atoms with Gasteiger partial charge in [0.2, 0.25) is 11.8 Å². The summed E-state index contributed by atoms with van der Waals surface area (Å²) in [6.07, 6.45) is 4.38. The highest BCUT2D eigenvalue weighted by Gasteiger charge is 2.24. The van der Waals surface area contributed by atoms with Crippen molar-refractivity contribution in [2.75, 3.05) is 26.3 Å². The number of nitrogens with one attached hydrogen (secondary N) is 1. The van der Waals surface area contributed by atoms with E-state index in [-0.39, 0.29) is 56.9 Å². The van der Waals surface area contributed by atoms with Crippen LogP contribution in [-0.2, 0) is 25.7 Å². The van der Waals surface area contributed by atoms with Gasteiger partial charge in [0.05, 0.1) is 19.1 Å². The Balaban J connectivity index is 2.56. The van der Waals surface area contributed by atoms with Crippen molar-refractivity contribution in [2.24, 2.45) is 5.92 Å².